The van der Waals surface area contributed by atoms with Gasteiger partial charge < -0.3 is 10.1 Å². The van der Waals surface area contributed by atoms with Crippen molar-refractivity contribution >= 4 is 5.69 Å². The van der Waals surface area contributed by atoms with E-state index in [1.165, 1.54) is 0 Å². The monoisotopic (exact) mass is 327 g/mol. The van der Waals surface area contributed by atoms with Gasteiger partial charge in [0.2, 0.25) is 0 Å². The summed E-state index contributed by atoms with van der Waals surface area (Å²) in [6.45, 7) is 0. The van der Waals surface area contributed by atoms with Gasteiger partial charge in [-0.2, -0.15) is 5.26 Å². The third kappa shape index (κ3) is 2.25. The maximum absolute atomic E-state index is 10.3. The normalized spacial score (nSPS) is 21.0. The number of methoxy groups -OCH3 is 1. The summed E-state index contributed by atoms with van der Waals surface area (Å²) in [5.41, 5.74) is 2.73. The Labute approximate surface area is 146 Å². The lowest BCUT2D eigenvalue weighted by Gasteiger charge is -2.29. The van der Waals surface area contributed by atoms with E-state index in [-0.39, 0.29) is 6.04 Å². The van der Waals surface area contributed by atoms with E-state index < -0.39 is 5.41 Å². The fraction of sp³-hybridized carbons (Fsp3) is 0.143. The zero-order valence-electron chi connectivity index (χ0n) is 13.8. The number of nitriles is 1. The lowest BCUT2D eigenvalue weighted by molar-refractivity contribution is 0.414. The molecule has 0 saturated heterocycles. The van der Waals surface area contributed by atoms with Crippen molar-refractivity contribution < 1.29 is 4.74 Å². The van der Waals surface area contributed by atoms with Crippen LogP contribution in [0, 0.1) is 11.3 Å². The highest BCUT2D eigenvalue weighted by Crippen LogP contribution is 2.51. The number of nitrogens with zero attached hydrogens (tertiary/aromatic N) is 2. The number of hydrogen-bond donors (Lipinski definition) is 1. The van der Waals surface area contributed by atoms with Gasteiger partial charge in [0.25, 0.3) is 0 Å². The molecule has 25 heavy (non-hydrogen) atoms. The van der Waals surface area contributed by atoms with Crippen molar-refractivity contribution in [2.45, 2.75) is 11.5 Å². The third-order valence-electron chi connectivity index (χ3n) is 4.77. The second-order valence-corrected chi connectivity index (χ2v) is 6.04. The van der Waals surface area contributed by atoms with Crippen LogP contribution in [0.3, 0.4) is 0 Å². The Kier molecular flexibility index (Phi) is 3.62. The lowest BCUT2D eigenvalue weighted by Crippen LogP contribution is -2.32. The van der Waals surface area contributed by atoms with Crippen LogP contribution in [0.1, 0.15) is 22.9 Å². The van der Waals surface area contributed by atoms with E-state index in [0.29, 0.717) is 0 Å². The van der Waals surface area contributed by atoms with Crippen LogP contribution >= 0.6 is 0 Å². The molecule has 0 fully saturated rings. The molecule has 1 N–H and O–H groups in total. The van der Waals surface area contributed by atoms with E-state index in [1.54, 1.807) is 13.3 Å². The first-order valence-corrected chi connectivity index (χ1v) is 8.12. The summed E-state index contributed by atoms with van der Waals surface area (Å²) in [5.74, 6) is 0.791. The quantitative estimate of drug-likeness (QED) is 0.788. The topological polar surface area (TPSA) is 57.9 Å². The molecule has 2 aromatic carbocycles. The van der Waals surface area contributed by atoms with Gasteiger partial charge in [-0.15, -0.1) is 0 Å². The fourth-order valence-corrected chi connectivity index (χ4v) is 3.55. The van der Waals surface area contributed by atoms with E-state index in [1.807, 2.05) is 66.7 Å². The fourth-order valence-electron chi connectivity index (χ4n) is 3.55. The minimum Gasteiger partial charge on any atom is -0.497 e. The molecule has 0 aliphatic carbocycles. The SMILES string of the molecule is COc1ccc([C@H]2Nc3cccnc3[C@]2(C#N)c2ccccc2)cc1. The van der Waals surface area contributed by atoms with Gasteiger partial charge in [0, 0.05) is 6.20 Å². The van der Waals surface area contributed by atoms with Gasteiger partial charge in [0.15, 0.2) is 5.41 Å². The van der Waals surface area contributed by atoms with Gasteiger partial charge in [-0.25, -0.2) is 0 Å². The molecule has 1 aliphatic heterocycles. The summed E-state index contributed by atoms with van der Waals surface area (Å²) in [6, 6.07) is 23.9. The zero-order chi connectivity index (χ0) is 17.3. The minimum absolute atomic E-state index is 0.226. The molecule has 0 spiro atoms. The molecule has 3 aromatic rings. The molecule has 0 radical (unpaired) electrons. The van der Waals surface area contributed by atoms with Crippen molar-refractivity contribution in [2.75, 3.05) is 12.4 Å². The van der Waals surface area contributed by atoms with Gasteiger partial charge in [-0.05, 0) is 35.4 Å². The molecule has 0 unspecified atom stereocenters. The highest BCUT2D eigenvalue weighted by atomic mass is 16.5. The standard InChI is InChI=1S/C21H17N3O/c1-25-17-11-9-15(10-12-17)19-21(14-22,16-6-3-2-4-7-16)20-18(24-19)8-5-13-23-20/h2-13,19,24H,1H3/t19-,21-/m1/s1. The van der Waals surface area contributed by atoms with Crippen LogP contribution in [0.4, 0.5) is 5.69 Å². The number of nitrogens with one attached hydrogen (secondary N) is 1. The maximum atomic E-state index is 10.3. The number of fused-ring (bicyclic) bond motifs is 1. The number of ether oxygens (including phenoxy) is 1. The second kappa shape index (κ2) is 5.95. The van der Waals surface area contributed by atoms with Crippen molar-refractivity contribution in [3.8, 4) is 11.8 Å². The lowest BCUT2D eigenvalue weighted by atomic mass is 9.72. The van der Waals surface area contributed by atoms with Gasteiger partial charge in [-0.3, -0.25) is 4.98 Å². The minimum atomic E-state index is -0.882. The summed E-state index contributed by atoms with van der Waals surface area (Å²) >= 11 is 0. The number of hydrogen-bond acceptors (Lipinski definition) is 4. The second-order valence-electron chi connectivity index (χ2n) is 6.04. The molecule has 0 bridgehead atoms. The summed E-state index contributed by atoms with van der Waals surface area (Å²) in [4.78, 5) is 4.56. The summed E-state index contributed by atoms with van der Waals surface area (Å²) in [7, 11) is 1.64. The molecular formula is C21H17N3O. The Balaban J connectivity index is 1.93. The molecule has 0 saturated carbocycles. The Hall–Kier alpha value is -3.32. The highest BCUT2D eigenvalue weighted by Gasteiger charge is 2.51. The van der Waals surface area contributed by atoms with Crippen LogP contribution in [-0.4, -0.2) is 12.1 Å². The van der Waals surface area contributed by atoms with Crippen LogP contribution in [0.15, 0.2) is 72.9 Å². The number of aromatic nitrogens is 1. The molecule has 4 rings (SSSR count). The average molecular weight is 327 g/mol. The summed E-state index contributed by atoms with van der Waals surface area (Å²) < 4.78 is 5.26. The molecule has 122 valence electrons. The Bertz CT molecular complexity index is 931. The highest BCUT2D eigenvalue weighted by molar-refractivity contribution is 5.68. The molecule has 2 atom stereocenters. The number of benzene rings is 2. The van der Waals surface area contributed by atoms with Crippen molar-refractivity contribution in [3.63, 3.8) is 0 Å². The molecule has 2 heterocycles. The van der Waals surface area contributed by atoms with E-state index in [9.17, 15) is 5.26 Å². The van der Waals surface area contributed by atoms with Crippen LogP contribution in [0.25, 0.3) is 0 Å². The Morgan fingerprint density at radius 3 is 2.48 bits per heavy atom. The van der Waals surface area contributed by atoms with Crippen molar-refractivity contribution in [1.29, 1.82) is 5.26 Å². The summed E-state index contributed by atoms with van der Waals surface area (Å²) in [5, 5.41) is 13.8. The molecule has 1 aromatic heterocycles. The Morgan fingerprint density at radius 2 is 1.80 bits per heavy atom. The number of rotatable bonds is 3. The van der Waals surface area contributed by atoms with Gasteiger partial charge in [-0.1, -0.05) is 42.5 Å². The maximum Gasteiger partial charge on any atom is 0.150 e. The van der Waals surface area contributed by atoms with Crippen molar-refractivity contribution in [3.05, 3.63) is 89.7 Å². The van der Waals surface area contributed by atoms with Gasteiger partial charge in [0.05, 0.1) is 30.6 Å². The van der Waals surface area contributed by atoms with E-state index >= 15 is 0 Å². The molecule has 4 nitrogen and oxygen atoms in total. The van der Waals surface area contributed by atoms with Crippen LogP contribution < -0.4 is 10.1 Å². The average Bonchev–Trinajstić information content (AvgIpc) is 3.04. The van der Waals surface area contributed by atoms with E-state index in [0.717, 1.165) is 28.3 Å². The van der Waals surface area contributed by atoms with Gasteiger partial charge >= 0.3 is 0 Å². The molecule has 4 heteroatoms. The zero-order valence-corrected chi connectivity index (χ0v) is 13.8. The van der Waals surface area contributed by atoms with Crippen LogP contribution in [0.5, 0.6) is 5.75 Å². The Morgan fingerprint density at radius 1 is 1.04 bits per heavy atom. The first kappa shape index (κ1) is 15.2. The number of anilines is 1. The van der Waals surface area contributed by atoms with E-state index in [2.05, 4.69) is 16.4 Å². The molecular weight excluding hydrogens is 310 g/mol. The predicted octanol–water partition coefficient (Wildman–Crippen LogP) is 4.07. The van der Waals surface area contributed by atoms with Gasteiger partial charge in [0.1, 0.15) is 5.75 Å². The molecule has 0 amide bonds. The number of pyridine rings is 1. The first-order valence-electron chi connectivity index (χ1n) is 8.12. The van der Waals surface area contributed by atoms with Crippen molar-refractivity contribution in [2.24, 2.45) is 0 Å². The van der Waals surface area contributed by atoms with Crippen LogP contribution in [-0.2, 0) is 5.41 Å². The first-order chi connectivity index (χ1) is 12.3. The molecule has 1 aliphatic rings. The predicted molar refractivity (Wildman–Crippen MR) is 96.4 cm³/mol. The smallest absolute Gasteiger partial charge is 0.150 e. The summed E-state index contributed by atoms with van der Waals surface area (Å²) in [6.07, 6.45) is 1.74. The largest absolute Gasteiger partial charge is 0.497 e. The third-order valence-corrected chi connectivity index (χ3v) is 4.77. The van der Waals surface area contributed by atoms with Crippen LogP contribution in [0.2, 0.25) is 0 Å². The van der Waals surface area contributed by atoms with E-state index in [4.69, 9.17) is 4.74 Å². The van der Waals surface area contributed by atoms with Crippen molar-refractivity contribution in [1.82, 2.24) is 4.98 Å².